The highest BCUT2D eigenvalue weighted by atomic mass is 35.5. The van der Waals surface area contributed by atoms with Crippen LogP contribution in [0, 0.1) is 12.8 Å². The predicted molar refractivity (Wildman–Crippen MR) is 74.1 cm³/mol. The fourth-order valence-electron chi connectivity index (χ4n) is 3.01. The number of halogens is 4. The first-order valence-electron chi connectivity index (χ1n) is 5.67. The van der Waals surface area contributed by atoms with E-state index in [0.717, 1.165) is 0 Å². The van der Waals surface area contributed by atoms with Gasteiger partial charge in [0, 0.05) is 6.07 Å². The molecule has 3 nitrogen and oxygen atoms in total. The number of allylic oxidation sites excluding steroid dienone is 2. The SMILES string of the molecule is Cc1cc(C2C(C)[C@@]3(Cl)C(=O)[C@]2(Cl)C(Cl)=C3Cl)on1. The molecule has 0 radical (unpaired) electrons. The summed E-state index contributed by atoms with van der Waals surface area (Å²) in [7, 11) is 0. The summed E-state index contributed by atoms with van der Waals surface area (Å²) < 4.78 is 5.24. The summed E-state index contributed by atoms with van der Waals surface area (Å²) in [5.74, 6) is -0.694. The average molecular weight is 341 g/mol. The van der Waals surface area contributed by atoms with Crippen LogP contribution in [0.1, 0.15) is 24.3 Å². The van der Waals surface area contributed by atoms with Gasteiger partial charge in [-0.3, -0.25) is 4.79 Å². The van der Waals surface area contributed by atoms with Crippen LogP contribution in [0.15, 0.2) is 20.7 Å². The molecule has 0 N–H and O–H groups in total. The molecule has 2 aliphatic rings. The average Bonchev–Trinajstić information content (AvgIpc) is 2.88. The van der Waals surface area contributed by atoms with E-state index in [1.807, 2.05) is 6.92 Å². The van der Waals surface area contributed by atoms with Gasteiger partial charge in [-0.1, -0.05) is 35.3 Å². The standard InChI is InChI=1S/C12H9Cl4NO2/c1-4-3-6(19-17-4)7-5(2)11(15)8(13)9(14)12(7,16)10(11)18/h3,5,7H,1-2H3/t5?,7?,11-,12+/m0/s1. The van der Waals surface area contributed by atoms with E-state index < -0.39 is 15.7 Å². The van der Waals surface area contributed by atoms with Gasteiger partial charge in [0.1, 0.15) is 10.6 Å². The minimum absolute atomic E-state index is 0.0907. The van der Waals surface area contributed by atoms with E-state index in [-0.39, 0.29) is 21.8 Å². The number of nitrogens with zero attached hydrogens (tertiary/aromatic N) is 1. The van der Waals surface area contributed by atoms with Crippen LogP contribution in [-0.2, 0) is 4.79 Å². The highest BCUT2D eigenvalue weighted by molar-refractivity contribution is 6.63. The lowest BCUT2D eigenvalue weighted by molar-refractivity contribution is -0.119. The second kappa shape index (κ2) is 3.91. The minimum atomic E-state index is -1.45. The van der Waals surface area contributed by atoms with E-state index >= 15 is 0 Å². The molecule has 1 aromatic rings. The number of aryl methyl sites for hydroxylation is 1. The molecule has 1 fully saturated rings. The fourth-order valence-corrected chi connectivity index (χ4v) is 4.83. The molecule has 2 aliphatic carbocycles. The minimum Gasteiger partial charge on any atom is -0.361 e. The number of carbonyl (C=O) groups is 1. The van der Waals surface area contributed by atoms with E-state index in [9.17, 15) is 4.79 Å². The third-order valence-corrected chi connectivity index (χ3v) is 6.57. The molecule has 1 heterocycles. The first kappa shape index (κ1) is 13.7. The van der Waals surface area contributed by atoms with Crippen molar-refractivity contribution >= 4 is 52.2 Å². The highest BCUT2D eigenvalue weighted by Crippen LogP contribution is 2.68. The summed E-state index contributed by atoms with van der Waals surface area (Å²) in [6.45, 7) is 3.59. The second-order valence-corrected chi connectivity index (χ2v) is 6.97. The molecule has 4 atom stereocenters. The summed E-state index contributed by atoms with van der Waals surface area (Å²) in [6.07, 6.45) is 0. The van der Waals surface area contributed by atoms with Gasteiger partial charge in [-0.25, -0.2) is 0 Å². The third-order valence-electron chi connectivity index (χ3n) is 4.00. The molecule has 3 rings (SSSR count). The lowest BCUT2D eigenvalue weighted by atomic mass is 9.81. The van der Waals surface area contributed by atoms with Crippen molar-refractivity contribution < 1.29 is 9.32 Å². The van der Waals surface area contributed by atoms with Gasteiger partial charge >= 0.3 is 0 Å². The molecule has 7 heteroatoms. The number of alkyl halides is 2. The highest BCUT2D eigenvalue weighted by Gasteiger charge is 2.75. The Balaban J connectivity index is 2.23. The van der Waals surface area contributed by atoms with Crippen molar-refractivity contribution in [3.05, 3.63) is 27.6 Å². The van der Waals surface area contributed by atoms with Gasteiger partial charge in [0.2, 0.25) is 0 Å². The van der Waals surface area contributed by atoms with Crippen LogP contribution in [0.3, 0.4) is 0 Å². The Labute approximate surface area is 129 Å². The molecule has 0 spiro atoms. The first-order valence-corrected chi connectivity index (χ1v) is 7.19. The fraction of sp³-hybridized carbons (Fsp3) is 0.500. The lowest BCUT2D eigenvalue weighted by Crippen LogP contribution is -2.33. The van der Waals surface area contributed by atoms with Crippen LogP contribution in [0.25, 0.3) is 0 Å². The van der Waals surface area contributed by atoms with Crippen molar-refractivity contribution in [2.75, 3.05) is 0 Å². The smallest absolute Gasteiger partial charge is 0.186 e. The molecular weight excluding hydrogens is 332 g/mol. The molecule has 0 amide bonds. The number of hydrogen-bond acceptors (Lipinski definition) is 3. The Morgan fingerprint density at radius 3 is 2.32 bits per heavy atom. The molecule has 102 valence electrons. The summed E-state index contributed by atoms with van der Waals surface area (Å²) >= 11 is 25.2. The van der Waals surface area contributed by atoms with Gasteiger partial charge in [-0.15, -0.1) is 23.2 Å². The van der Waals surface area contributed by atoms with Crippen molar-refractivity contribution in [3.63, 3.8) is 0 Å². The summed E-state index contributed by atoms with van der Waals surface area (Å²) in [4.78, 5) is 9.67. The van der Waals surface area contributed by atoms with Crippen molar-refractivity contribution in [1.82, 2.24) is 5.16 Å². The van der Waals surface area contributed by atoms with Crippen LogP contribution in [-0.4, -0.2) is 20.7 Å². The number of aromatic nitrogens is 1. The van der Waals surface area contributed by atoms with Crippen LogP contribution < -0.4 is 0 Å². The van der Waals surface area contributed by atoms with Crippen molar-refractivity contribution in [1.29, 1.82) is 0 Å². The van der Waals surface area contributed by atoms with Crippen molar-refractivity contribution in [2.24, 2.45) is 5.92 Å². The zero-order chi connectivity index (χ0) is 14.2. The molecule has 1 saturated carbocycles. The molecule has 2 unspecified atom stereocenters. The van der Waals surface area contributed by atoms with E-state index in [2.05, 4.69) is 5.16 Å². The number of Topliss-reactive ketones (excluding diaryl/α,β-unsaturated/α-hetero) is 1. The lowest BCUT2D eigenvalue weighted by Gasteiger charge is -2.31. The van der Waals surface area contributed by atoms with E-state index in [1.54, 1.807) is 13.0 Å². The monoisotopic (exact) mass is 339 g/mol. The van der Waals surface area contributed by atoms with Crippen LogP contribution in [0.4, 0.5) is 0 Å². The van der Waals surface area contributed by atoms with Gasteiger partial charge in [0.15, 0.2) is 10.7 Å². The molecule has 2 bridgehead atoms. The maximum absolute atomic E-state index is 12.5. The van der Waals surface area contributed by atoms with Gasteiger partial charge in [0.05, 0.1) is 21.7 Å². The quantitative estimate of drug-likeness (QED) is 0.727. The van der Waals surface area contributed by atoms with Crippen LogP contribution >= 0.6 is 46.4 Å². The van der Waals surface area contributed by atoms with Crippen LogP contribution in [0.5, 0.6) is 0 Å². The number of rotatable bonds is 1. The zero-order valence-corrected chi connectivity index (χ0v) is 13.0. The van der Waals surface area contributed by atoms with Gasteiger partial charge < -0.3 is 4.52 Å². The summed E-state index contributed by atoms with van der Waals surface area (Å²) in [5.41, 5.74) is 0.701. The topological polar surface area (TPSA) is 43.1 Å². The van der Waals surface area contributed by atoms with Gasteiger partial charge in [-0.05, 0) is 12.8 Å². The van der Waals surface area contributed by atoms with E-state index in [4.69, 9.17) is 50.9 Å². The molecule has 19 heavy (non-hydrogen) atoms. The number of ketones is 1. The molecule has 0 aliphatic heterocycles. The van der Waals surface area contributed by atoms with Gasteiger partial charge in [-0.2, -0.15) is 0 Å². The van der Waals surface area contributed by atoms with Gasteiger partial charge in [0.25, 0.3) is 0 Å². The zero-order valence-electron chi connectivity index (χ0n) is 10.0. The van der Waals surface area contributed by atoms with Crippen molar-refractivity contribution in [3.8, 4) is 0 Å². The molecule has 1 aromatic heterocycles. The normalized spacial score (nSPS) is 41.5. The third kappa shape index (κ3) is 1.37. The molecular formula is C12H9Cl4NO2. The van der Waals surface area contributed by atoms with Crippen molar-refractivity contribution in [2.45, 2.75) is 29.5 Å². The predicted octanol–water partition coefficient (Wildman–Crippen LogP) is 3.94. The Hall–Kier alpha value is -0.220. The Kier molecular flexibility index (Phi) is 2.83. The second-order valence-electron chi connectivity index (χ2n) is 5.02. The molecule has 0 aromatic carbocycles. The largest absolute Gasteiger partial charge is 0.361 e. The maximum Gasteiger partial charge on any atom is 0.186 e. The summed E-state index contributed by atoms with van der Waals surface area (Å²) in [5, 5.41) is 4.03. The number of hydrogen-bond donors (Lipinski definition) is 0. The molecule has 0 saturated heterocycles. The number of carbonyl (C=O) groups excluding carboxylic acids is 1. The van der Waals surface area contributed by atoms with Crippen LogP contribution in [0.2, 0.25) is 0 Å². The number of fused-ring (bicyclic) bond motifs is 2. The summed E-state index contributed by atoms with van der Waals surface area (Å²) in [6, 6.07) is 1.73. The van der Waals surface area contributed by atoms with E-state index in [1.165, 1.54) is 0 Å². The van der Waals surface area contributed by atoms with E-state index in [0.29, 0.717) is 11.5 Å². The Morgan fingerprint density at radius 1 is 1.26 bits per heavy atom. The maximum atomic E-state index is 12.5. The Bertz CT molecular complexity index is 625. The Morgan fingerprint density at radius 2 is 1.84 bits per heavy atom. The first-order chi connectivity index (χ1) is 8.75.